The summed E-state index contributed by atoms with van der Waals surface area (Å²) < 4.78 is 0. The first kappa shape index (κ1) is 16.4. The first-order valence-electron chi connectivity index (χ1n) is 7.13. The van der Waals surface area contributed by atoms with E-state index in [1.165, 1.54) is 0 Å². The van der Waals surface area contributed by atoms with Gasteiger partial charge in [0.15, 0.2) is 0 Å². The monoisotopic (exact) mass is 330 g/mol. The third-order valence-electron chi connectivity index (χ3n) is 3.95. The number of aliphatic hydroxyl groups is 1. The molecule has 0 aliphatic carbocycles. The second-order valence-electron chi connectivity index (χ2n) is 5.43. The predicted molar refractivity (Wildman–Crippen MR) is 84.8 cm³/mol. The Balaban J connectivity index is 1.95. The topological polar surface area (TPSA) is 52.6 Å². The molecule has 0 saturated carbocycles. The normalized spacial score (nSPS) is 17.6. The summed E-state index contributed by atoms with van der Waals surface area (Å²) >= 11 is 12.2. The van der Waals surface area contributed by atoms with E-state index in [1.54, 1.807) is 11.0 Å². The van der Waals surface area contributed by atoms with Gasteiger partial charge in [-0.1, -0.05) is 35.3 Å². The van der Waals surface area contributed by atoms with Crippen LogP contribution in [-0.4, -0.2) is 35.7 Å². The number of likely N-dealkylation sites (tertiary alicyclic amines) is 1. The van der Waals surface area contributed by atoms with Crippen LogP contribution in [0.25, 0.3) is 0 Å². The predicted octanol–water partition coefficient (Wildman–Crippen LogP) is 3.47. The van der Waals surface area contributed by atoms with Crippen LogP contribution in [0.3, 0.4) is 0 Å². The summed E-state index contributed by atoms with van der Waals surface area (Å²) in [6.45, 7) is 3.43. The number of carbonyl (C=O) groups is 1. The quantitative estimate of drug-likeness (QED) is 0.891. The van der Waals surface area contributed by atoms with Crippen LogP contribution in [0.4, 0.5) is 4.79 Å². The Morgan fingerprint density at radius 2 is 2.10 bits per heavy atom. The van der Waals surface area contributed by atoms with E-state index in [1.807, 2.05) is 19.1 Å². The summed E-state index contributed by atoms with van der Waals surface area (Å²) in [4.78, 5) is 14.0. The van der Waals surface area contributed by atoms with E-state index in [-0.39, 0.29) is 18.7 Å². The smallest absolute Gasteiger partial charge is 0.317 e. The van der Waals surface area contributed by atoms with Gasteiger partial charge in [0.25, 0.3) is 0 Å². The minimum absolute atomic E-state index is 0.102. The molecule has 1 aliphatic rings. The van der Waals surface area contributed by atoms with E-state index in [0.29, 0.717) is 29.1 Å². The molecule has 1 aromatic carbocycles. The number of halogens is 2. The second kappa shape index (κ2) is 7.34. The molecule has 1 fully saturated rings. The largest absolute Gasteiger partial charge is 0.396 e. The van der Waals surface area contributed by atoms with Crippen LogP contribution in [0.5, 0.6) is 0 Å². The van der Waals surface area contributed by atoms with Crippen molar-refractivity contribution in [3.63, 3.8) is 0 Å². The van der Waals surface area contributed by atoms with Gasteiger partial charge in [-0.15, -0.1) is 0 Å². The van der Waals surface area contributed by atoms with Crippen LogP contribution < -0.4 is 5.32 Å². The fourth-order valence-electron chi connectivity index (χ4n) is 2.53. The van der Waals surface area contributed by atoms with Gasteiger partial charge in [-0.3, -0.25) is 0 Å². The van der Waals surface area contributed by atoms with Gasteiger partial charge in [0, 0.05) is 19.7 Å². The molecule has 1 atom stereocenters. The van der Waals surface area contributed by atoms with Crippen LogP contribution in [-0.2, 0) is 0 Å². The standard InChI is InChI=1S/C15H20Cl2N2O2/c1-10(12-3-2-4-13(16)14(12)17)18-15(21)19-7-5-11(9-20)6-8-19/h2-4,10-11,20H,5-9H2,1H3,(H,18,21). The van der Waals surface area contributed by atoms with Gasteiger partial charge in [-0.25, -0.2) is 4.79 Å². The van der Waals surface area contributed by atoms with Crippen LogP contribution >= 0.6 is 23.2 Å². The van der Waals surface area contributed by atoms with Gasteiger partial charge in [0.2, 0.25) is 0 Å². The first-order valence-corrected chi connectivity index (χ1v) is 7.88. The number of rotatable bonds is 3. The van der Waals surface area contributed by atoms with E-state index in [9.17, 15) is 4.79 Å². The van der Waals surface area contributed by atoms with Crippen molar-refractivity contribution in [2.24, 2.45) is 5.92 Å². The highest BCUT2D eigenvalue weighted by Crippen LogP contribution is 2.30. The lowest BCUT2D eigenvalue weighted by Gasteiger charge is -2.32. The zero-order valence-corrected chi connectivity index (χ0v) is 13.5. The molecule has 0 radical (unpaired) electrons. The molecule has 0 bridgehead atoms. The Kier molecular flexibility index (Phi) is 5.73. The number of piperidine rings is 1. The van der Waals surface area contributed by atoms with Crippen LogP contribution in [0.1, 0.15) is 31.4 Å². The van der Waals surface area contributed by atoms with Crippen molar-refractivity contribution in [1.82, 2.24) is 10.2 Å². The van der Waals surface area contributed by atoms with Gasteiger partial charge < -0.3 is 15.3 Å². The number of urea groups is 1. The Hall–Kier alpha value is -0.970. The lowest BCUT2D eigenvalue weighted by Crippen LogP contribution is -2.45. The molecule has 21 heavy (non-hydrogen) atoms. The van der Waals surface area contributed by atoms with Crippen molar-refractivity contribution in [2.45, 2.75) is 25.8 Å². The van der Waals surface area contributed by atoms with Crippen molar-refractivity contribution < 1.29 is 9.90 Å². The van der Waals surface area contributed by atoms with Gasteiger partial charge in [0.1, 0.15) is 0 Å². The van der Waals surface area contributed by atoms with Crippen molar-refractivity contribution in [2.75, 3.05) is 19.7 Å². The van der Waals surface area contributed by atoms with Crippen molar-refractivity contribution in [3.05, 3.63) is 33.8 Å². The van der Waals surface area contributed by atoms with E-state index in [4.69, 9.17) is 28.3 Å². The van der Waals surface area contributed by atoms with E-state index >= 15 is 0 Å². The summed E-state index contributed by atoms with van der Waals surface area (Å²) in [5.74, 6) is 0.314. The average Bonchev–Trinajstić information content (AvgIpc) is 2.50. The molecular weight excluding hydrogens is 311 g/mol. The third kappa shape index (κ3) is 4.02. The Bertz CT molecular complexity index is 502. The minimum atomic E-state index is -0.209. The molecule has 1 aromatic rings. The fourth-order valence-corrected chi connectivity index (χ4v) is 3.00. The van der Waals surface area contributed by atoms with E-state index < -0.39 is 0 Å². The molecule has 6 heteroatoms. The number of hydrogen-bond acceptors (Lipinski definition) is 2. The lowest BCUT2D eigenvalue weighted by molar-refractivity contribution is 0.136. The zero-order chi connectivity index (χ0) is 15.4. The maximum Gasteiger partial charge on any atom is 0.317 e. The van der Waals surface area contributed by atoms with E-state index in [2.05, 4.69) is 5.32 Å². The minimum Gasteiger partial charge on any atom is -0.396 e. The summed E-state index contributed by atoms with van der Waals surface area (Å²) in [5, 5.41) is 13.0. The number of amides is 2. The van der Waals surface area contributed by atoms with Gasteiger partial charge in [-0.05, 0) is 37.3 Å². The highest BCUT2D eigenvalue weighted by Gasteiger charge is 2.23. The lowest BCUT2D eigenvalue weighted by atomic mass is 9.98. The summed E-state index contributed by atoms with van der Waals surface area (Å²) in [7, 11) is 0. The maximum atomic E-state index is 12.2. The van der Waals surface area contributed by atoms with Crippen LogP contribution in [0, 0.1) is 5.92 Å². The molecule has 1 heterocycles. The second-order valence-corrected chi connectivity index (χ2v) is 6.21. The first-order chi connectivity index (χ1) is 10.0. The number of nitrogens with zero attached hydrogens (tertiary/aromatic N) is 1. The number of benzene rings is 1. The Morgan fingerprint density at radius 1 is 1.43 bits per heavy atom. The van der Waals surface area contributed by atoms with Crippen molar-refractivity contribution in [3.8, 4) is 0 Å². The zero-order valence-electron chi connectivity index (χ0n) is 12.0. The molecular formula is C15H20Cl2N2O2. The summed E-state index contributed by atoms with van der Waals surface area (Å²) in [6.07, 6.45) is 1.69. The molecule has 1 aliphatic heterocycles. The molecule has 2 N–H and O–H groups in total. The van der Waals surface area contributed by atoms with Gasteiger partial charge >= 0.3 is 6.03 Å². The van der Waals surface area contributed by atoms with Crippen molar-refractivity contribution in [1.29, 1.82) is 0 Å². The van der Waals surface area contributed by atoms with Crippen LogP contribution in [0.15, 0.2) is 18.2 Å². The van der Waals surface area contributed by atoms with E-state index in [0.717, 1.165) is 18.4 Å². The van der Waals surface area contributed by atoms with Crippen molar-refractivity contribution >= 4 is 29.2 Å². The van der Waals surface area contributed by atoms with Gasteiger partial charge in [-0.2, -0.15) is 0 Å². The SMILES string of the molecule is CC(NC(=O)N1CCC(CO)CC1)c1cccc(Cl)c1Cl. The molecule has 1 unspecified atom stereocenters. The average molecular weight is 331 g/mol. The molecule has 4 nitrogen and oxygen atoms in total. The highest BCUT2D eigenvalue weighted by molar-refractivity contribution is 6.42. The summed E-state index contributed by atoms with van der Waals surface area (Å²) in [6, 6.07) is 5.09. The number of aliphatic hydroxyl groups excluding tert-OH is 1. The number of hydrogen-bond donors (Lipinski definition) is 2. The molecule has 2 amide bonds. The number of nitrogens with one attached hydrogen (secondary N) is 1. The van der Waals surface area contributed by atoms with Crippen LogP contribution in [0.2, 0.25) is 10.0 Å². The molecule has 0 aromatic heterocycles. The Morgan fingerprint density at radius 3 is 2.71 bits per heavy atom. The Labute approximate surface area is 135 Å². The summed E-state index contributed by atoms with van der Waals surface area (Å²) in [5.41, 5.74) is 0.808. The van der Waals surface area contributed by atoms with Gasteiger partial charge in [0.05, 0.1) is 16.1 Å². The molecule has 116 valence electrons. The molecule has 0 spiro atoms. The fraction of sp³-hybridized carbons (Fsp3) is 0.533. The molecule has 2 rings (SSSR count). The number of carbonyl (C=O) groups excluding carboxylic acids is 1. The highest BCUT2D eigenvalue weighted by atomic mass is 35.5. The maximum absolute atomic E-state index is 12.2. The molecule has 1 saturated heterocycles. The third-order valence-corrected chi connectivity index (χ3v) is 4.78.